The molecule has 2 aliphatic carbocycles. The fourth-order valence-corrected chi connectivity index (χ4v) is 2.63. The van der Waals surface area contributed by atoms with Crippen LogP contribution in [0.5, 0.6) is 0 Å². The Kier molecular flexibility index (Phi) is 1.99. The fourth-order valence-electron chi connectivity index (χ4n) is 2.63. The number of hydrogen-bond donors (Lipinski definition) is 1. The highest BCUT2D eigenvalue weighted by atomic mass is 16.3. The van der Waals surface area contributed by atoms with E-state index in [1.165, 1.54) is 32.1 Å². The molecule has 1 saturated carbocycles. The van der Waals surface area contributed by atoms with Gasteiger partial charge in [0.05, 0.1) is 6.10 Å². The third kappa shape index (κ3) is 1.20. The van der Waals surface area contributed by atoms with E-state index in [0.29, 0.717) is 5.41 Å². The maximum absolute atomic E-state index is 9.67. The molecular weight excluding hydrogens is 148 g/mol. The molecule has 0 bridgehead atoms. The molecule has 0 spiro atoms. The van der Waals surface area contributed by atoms with Crippen LogP contribution in [0.15, 0.2) is 12.2 Å². The molecule has 0 aromatic carbocycles. The minimum atomic E-state index is -0.0889. The predicted octanol–water partition coefficient (Wildman–Crippen LogP) is 2.50. The molecule has 2 aliphatic rings. The minimum absolute atomic E-state index is 0.0889. The predicted molar refractivity (Wildman–Crippen MR) is 49.8 cm³/mol. The Morgan fingerprint density at radius 2 is 2.17 bits per heavy atom. The Labute approximate surface area is 74.5 Å². The molecule has 2 atom stereocenters. The summed E-state index contributed by atoms with van der Waals surface area (Å²) in [5, 5.41) is 9.67. The second-order valence-corrected chi connectivity index (χ2v) is 4.39. The zero-order chi connectivity index (χ0) is 8.60. The van der Waals surface area contributed by atoms with E-state index in [1.54, 1.807) is 0 Å². The van der Waals surface area contributed by atoms with E-state index in [9.17, 15) is 5.11 Å². The standard InChI is InChI=1S/C11H18O/c1-9(12)11(7-8-11)10-5-3-2-4-6-10/h2-3,9-10,12H,4-8H2,1H3. The fraction of sp³-hybridized carbons (Fsp3) is 0.818. The molecule has 1 fully saturated rings. The monoisotopic (exact) mass is 166 g/mol. The van der Waals surface area contributed by atoms with Gasteiger partial charge < -0.3 is 5.11 Å². The summed E-state index contributed by atoms with van der Waals surface area (Å²) in [6, 6.07) is 0. The number of aliphatic hydroxyl groups excluding tert-OH is 1. The third-order valence-electron chi connectivity index (χ3n) is 3.74. The van der Waals surface area contributed by atoms with Crippen LogP contribution in [0.3, 0.4) is 0 Å². The van der Waals surface area contributed by atoms with E-state index in [2.05, 4.69) is 12.2 Å². The zero-order valence-corrected chi connectivity index (χ0v) is 7.79. The highest BCUT2D eigenvalue weighted by molar-refractivity contribution is 5.06. The van der Waals surface area contributed by atoms with Gasteiger partial charge in [0.1, 0.15) is 0 Å². The van der Waals surface area contributed by atoms with Crippen molar-refractivity contribution in [2.75, 3.05) is 0 Å². The maximum atomic E-state index is 9.67. The first-order valence-electron chi connectivity index (χ1n) is 5.09. The van der Waals surface area contributed by atoms with Gasteiger partial charge in [-0.1, -0.05) is 12.2 Å². The summed E-state index contributed by atoms with van der Waals surface area (Å²) in [6.07, 6.45) is 10.7. The van der Waals surface area contributed by atoms with E-state index in [1.807, 2.05) is 6.92 Å². The first kappa shape index (κ1) is 8.31. The molecule has 1 nitrogen and oxygen atoms in total. The second kappa shape index (κ2) is 2.88. The molecule has 0 radical (unpaired) electrons. The van der Waals surface area contributed by atoms with Gasteiger partial charge in [0, 0.05) is 0 Å². The molecule has 2 rings (SSSR count). The lowest BCUT2D eigenvalue weighted by Crippen LogP contribution is -2.28. The van der Waals surface area contributed by atoms with Gasteiger partial charge >= 0.3 is 0 Å². The summed E-state index contributed by atoms with van der Waals surface area (Å²) in [6.45, 7) is 1.96. The number of hydrogen-bond acceptors (Lipinski definition) is 1. The Morgan fingerprint density at radius 3 is 2.58 bits per heavy atom. The summed E-state index contributed by atoms with van der Waals surface area (Å²) in [4.78, 5) is 0. The van der Waals surface area contributed by atoms with Crippen LogP contribution >= 0.6 is 0 Å². The Morgan fingerprint density at radius 1 is 1.42 bits per heavy atom. The molecule has 0 amide bonds. The first-order valence-corrected chi connectivity index (χ1v) is 5.09. The van der Waals surface area contributed by atoms with Crippen molar-refractivity contribution in [3.8, 4) is 0 Å². The molecule has 0 aromatic rings. The van der Waals surface area contributed by atoms with Crippen molar-refractivity contribution in [1.29, 1.82) is 0 Å². The first-order chi connectivity index (χ1) is 5.76. The quantitative estimate of drug-likeness (QED) is 0.625. The lowest BCUT2D eigenvalue weighted by Gasteiger charge is -2.30. The smallest absolute Gasteiger partial charge is 0.0571 e. The van der Waals surface area contributed by atoms with Crippen molar-refractivity contribution in [3.05, 3.63) is 12.2 Å². The minimum Gasteiger partial charge on any atom is -0.393 e. The largest absolute Gasteiger partial charge is 0.393 e. The number of allylic oxidation sites excluding steroid dienone is 2. The SMILES string of the molecule is CC(O)C1(C2CC=CCC2)CC1. The summed E-state index contributed by atoms with van der Waals surface area (Å²) in [5.74, 6) is 0.766. The molecule has 12 heavy (non-hydrogen) atoms. The van der Waals surface area contributed by atoms with E-state index < -0.39 is 0 Å². The van der Waals surface area contributed by atoms with Crippen LogP contribution in [0.1, 0.15) is 39.0 Å². The highest BCUT2D eigenvalue weighted by Gasteiger charge is 2.51. The lowest BCUT2D eigenvalue weighted by atomic mass is 9.77. The molecule has 1 N–H and O–H groups in total. The molecular formula is C11H18O. The van der Waals surface area contributed by atoms with Gasteiger partial charge in [-0.15, -0.1) is 0 Å². The van der Waals surface area contributed by atoms with Crippen molar-refractivity contribution < 1.29 is 5.11 Å². The van der Waals surface area contributed by atoms with Crippen LogP contribution in [0, 0.1) is 11.3 Å². The molecule has 0 aromatic heterocycles. The van der Waals surface area contributed by atoms with Crippen molar-refractivity contribution in [1.82, 2.24) is 0 Å². The van der Waals surface area contributed by atoms with Crippen LogP contribution in [-0.4, -0.2) is 11.2 Å². The third-order valence-corrected chi connectivity index (χ3v) is 3.74. The van der Waals surface area contributed by atoms with Gasteiger partial charge in [-0.05, 0) is 50.4 Å². The Balaban J connectivity index is 2.03. The molecule has 0 heterocycles. The van der Waals surface area contributed by atoms with Crippen LogP contribution < -0.4 is 0 Å². The van der Waals surface area contributed by atoms with Gasteiger partial charge in [-0.25, -0.2) is 0 Å². The van der Waals surface area contributed by atoms with Crippen molar-refractivity contribution in [3.63, 3.8) is 0 Å². The Hall–Kier alpha value is -0.300. The van der Waals surface area contributed by atoms with Gasteiger partial charge in [0.25, 0.3) is 0 Å². The van der Waals surface area contributed by atoms with E-state index in [-0.39, 0.29) is 6.10 Å². The van der Waals surface area contributed by atoms with E-state index >= 15 is 0 Å². The van der Waals surface area contributed by atoms with Gasteiger partial charge in [-0.3, -0.25) is 0 Å². The Bertz CT molecular complexity index is 189. The molecule has 0 aliphatic heterocycles. The average molecular weight is 166 g/mol. The summed E-state index contributed by atoms with van der Waals surface area (Å²) in [5.41, 5.74) is 0.324. The summed E-state index contributed by atoms with van der Waals surface area (Å²) >= 11 is 0. The molecule has 1 heteroatoms. The normalized spacial score (nSPS) is 34.7. The molecule has 2 unspecified atom stereocenters. The topological polar surface area (TPSA) is 20.2 Å². The van der Waals surface area contributed by atoms with Crippen molar-refractivity contribution in [2.24, 2.45) is 11.3 Å². The van der Waals surface area contributed by atoms with Gasteiger partial charge in [0.2, 0.25) is 0 Å². The maximum Gasteiger partial charge on any atom is 0.0571 e. The van der Waals surface area contributed by atoms with E-state index in [0.717, 1.165) is 5.92 Å². The summed E-state index contributed by atoms with van der Waals surface area (Å²) < 4.78 is 0. The number of aliphatic hydroxyl groups is 1. The van der Waals surface area contributed by atoms with E-state index in [4.69, 9.17) is 0 Å². The van der Waals surface area contributed by atoms with Gasteiger partial charge in [0.15, 0.2) is 0 Å². The van der Waals surface area contributed by atoms with Gasteiger partial charge in [-0.2, -0.15) is 0 Å². The zero-order valence-electron chi connectivity index (χ0n) is 7.79. The summed E-state index contributed by atoms with van der Waals surface area (Å²) in [7, 11) is 0. The average Bonchev–Trinajstić information content (AvgIpc) is 2.86. The second-order valence-electron chi connectivity index (χ2n) is 4.39. The van der Waals surface area contributed by atoms with Crippen LogP contribution in [0.2, 0.25) is 0 Å². The molecule has 0 saturated heterocycles. The van der Waals surface area contributed by atoms with Crippen LogP contribution in [0.25, 0.3) is 0 Å². The number of rotatable bonds is 2. The van der Waals surface area contributed by atoms with Crippen LogP contribution in [-0.2, 0) is 0 Å². The van der Waals surface area contributed by atoms with Crippen molar-refractivity contribution >= 4 is 0 Å². The lowest BCUT2D eigenvalue weighted by molar-refractivity contribution is 0.0649. The van der Waals surface area contributed by atoms with Crippen molar-refractivity contribution in [2.45, 2.75) is 45.1 Å². The van der Waals surface area contributed by atoms with Crippen LogP contribution in [0.4, 0.5) is 0 Å². The molecule has 68 valence electrons. The highest BCUT2D eigenvalue weighted by Crippen LogP contribution is 2.57.